The van der Waals surface area contributed by atoms with E-state index < -0.39 is 0 Å². The monoisotopic (exact) mass is 200 g/mol. The van der Waals surface area contributed by atoms with Gasteiger partial charge in [-0.25, -0.2) is 0 Å². The molecule has 1 heterocycles. The van der Waals surface area contributed by atoms with E-state index in [-0.39, 0.29) is 5.91 Å². The highest BCUT2D eigenvalue weighted by Gasteiger charge is 2.16. The van der Waals surface area contributed by atoms with Crippen LogP contribution in [0.3, 0.4) is 0 Å². The zero-order valence-corrected chi connectivity index (χ0v) is 9.01. The van der Waals surface area contributed by atoms with E-state index in [0.717, 1.165) is 26.1 Å². The quantitative estimate of drug-likeness (QED) is 0.627. The molecule has 82 valence electrons. The van der Waals surface area contributed by atoms with Crippen LogP contribution < -0.4 is 10.6 Å². The fraction of sp³-hybridized carbons (Fsp3) is 0.900. The summed E-state index contributed by atoms with van der Waals surface area (Å²) < 4.78 is 5.40. The maximum Gasteiger partial charge on any atom is 0.220 e. The average molecular weight is 200 g/mol. The molecule has 0 saturated carbocycles. The second-order valence-electron chi connectivity index (χ2n) is 3.91. The second kappa shape index (κ2) is 5.98. The van der Waals surface area contributed by atoms with Gasteiger partial charge in [-0.15, -0.1) is 0 Å². The van der Waals surface area contributed by atoms with E-state index in [9.17, 15) is 4.79 Å². The minimum Gasteiger partial charge on any atom is -0.377 e. The third kappa shape index (κ3) is 4.58. The minimum absolute atomic E-state index is 0.168. The lowest BCUT2D eigenvalue weighted by atomic mass is 10.1. The van der Waals surface area contributed by atoms with Gasteiger partial charge in [0.2, 0.25) is 5.91 Å². The summed E-state index contributed by atoms with van der Waals surface area (Å²) in [6, 6.07) is 0.420. The first-order valence-corrected chi connectivity index (χ1v) is 5.30. The van der Waals surface area contributed by atoms with Gasteiger partial charge in [-0.1, -0.05) is 0 Å². The van der Waals surface area contributed by atoms with Gasteiger partial charge in [0.15, 0.2) is 0 Å². The standard InChI is InChI=1S/C10H20N2O2/c1-8(2)14-6-5-11-9-3-4-10(13)12-7-9/h8-9,11H,3-7H2,1-2H3,(H,12,13). The molecule has 4 heteroatoms. The smallest absolute Gasteiger partial charge is 0.220 e. The molecule has 14 heavy (non-hydrogen) atoms. The van der Waals surface area contributed by atoms with Crippen molar-refractivity contribution in [2.75, 3.05) is 19.7 Å². The molecule has 1 aliphatic heterocycles. The van der Waals surface area contributed by atoms with E-state index >= 15 is 0 Å². The summed E-state index contributed by atoms with van der Waals surface area (Å²) in [5.41, 5.74) is 0. The topological polar surface area (TPSA) is 50.4 Å². The number of nitrogens with one attached hydrogen (secondary N) is 2. The van der Waals surface area contributed by atoms with E-state index in [1.165, 1.54) is 0 Å². The van der Waals surface area contributed by atoms with Crippen LogP contribution >= 0.6 is 0 Å². The van der Waals surface area contributed by atoms with Crippen LogP contribution in [-0.2, 0) is 9.53 Å². The molecule has 2 N–H and O–H groups in total. The number of amides is 1. The highest BCUT2D eigenvalue weighted by molar-refractivity contribution is 5.76. The van der Waals surface area contributed by atoms with Gasteiger partial charge in [-0.3, -0.25) is 4.79 Å². The normalized spacial score (nSPS) is 22.5. The number of hydrogen-bond donors (Lipinski definition) is 2. The van der Waals surface area contributed by atoms with Gasteiger partial charge < -0.3 is 15.4 Å². The van der Waals surface area contributed by atoms with E-state index in [1.807, 2.05) is 13.8 Å². The van der Waals surface area contributed by atoms with Crippen LogP contribution in [0.5, 0.6) is 0 Å². The summed E-state index contributed by atoms with van der Waals surface area (Å²) in [6.45, 7) is 6.41. The van der Waals surface area contributed by atoms with Crippen LogP contribution in [-0.4, -0.2) is 37.7 Å². The van der Waals surface area contributed by atoms with Gasteiger partial charge in [-0.05, 0) is 20.3 Å². The van der Waals surface area contributed by atoms with Gasteiger partial charge in [0.1, 0.15) is 0 Å². The summed E-state index contributed by atoms with van der Waals surface area (Å²) in [7, 11) is 0. The molecule has 0 aromatic heterocycles. The van der Waals surface area contributed by atoms with Gasteiger partial charge >= 0.3 is 0 Å². The molecular formula is C10H20N2O2. The Morgan fingerprint density at radius 1 is 1.64 bits per heavy atom. The molecule has 1 unspecified atom stereocenters. The van der Waals surface area contributed by atoms with Crippen molar-refractivity contribution in [3.05, 3.63) is 0 Å². The van der Waals surface area contributed by atoms with Gasteiger partial charge in [-0.2, -0.15) is 0 Å². The lowest BCUT2D eigenvalue weighted by molar-refractivity contribution is -0.122. The van der Waals surface area contributed by atoms with Gasteiger partial charge in [0, 0.05) is 25.6 Å². The maximum absolute atomic E-state index is 10.9. The first kappa shape index (κ1) is 11.5. The fourth-order valence-corrected chi connectivity index (χ4v) is 1.46. The number of carbonyl (C=O) groups excluding carboxylic acids is 1. The Kier molecular flexibility index (Phi) is 4.90. The minimum atomic E-state index is 0.168. The third-order valence-electron chi connectivity index (χ3n) is 2.25. The first-order valence-electron chi connectivity index (χ1n) is 5.30. The number of hydrogen-bond acceptors (Lipinski definition) is 3. The Morgan fingerprint density at radius 2 is 2.43 bits per heavy atom. The predicted molar refractivity (Wildman–Crippen MR) is 55.1 cm³/mol. The molecule has 1 amide bonds. The molecule has 0 bridgehead atoms. The molecule has 0 aliphatic carbocycles. The lowest BCUT2D eigenvalue weighted by Crippen LogP contribution is -2.46. The van der Waals surface area contributed by atoms with Crippen molar-refractivity contribution in [1.29, 1.82) is 0 Å². The van der Waals surface area contributed by atoms with Crippen molar-refractivity contribution < 1.29 is 9.53 Å². The summed E-state index contributed by atoms with van der Waals surface area (Å²) in [4.78, 5) is 10.9. The van der Waals surface area contributed by atoms with E-state index in [0.29, 0.717) is 18.6 Å². The van der Waals surface area contributed by atoms with E-state index in [1.54, 1.807) is 0 Å². The molecule has 0 aromatic rings. The molecule has 1 rings (SSSR count). The zero-order valence-electron chi connectivity index (χ0n) is 9.01. The molecule has 0 aromatic carbocycles. The van der Waals surface area contributed by atoms with Crippen LogP contribution in [0.4, 0.5) is 0 Å². The summed E-state index contributed by atoms with van der Waals surface area (Å²) in [6.07, 6.45) is 1.87. The Bertz CT molecular complexity index is 173. The van der Waals surface area contributed by atoms with Crippen LogP contribution in [0.15, 0.2) is 0 Å². The Hall–Kier alpha value is -0.610. The highest BCUT2D eigenvalue weighted by atomic mass is 16.5. The van der Waals surface area contributed by atoms with Crippen LogP contribution in [0.2, 0.25) is 0 Å². The van der Waals surface area contributed by atoms with Crippen molar-refractivity contribution in [1.82, 2.24) is 10.6 Å². The van der Waals surface area contributed by atoms with E-state index in [2.05, 4.69) is 10.6 Å². The van der Waals surface area contributed by atoms with Crippen molar-refractivity contribution in [3.8, 4) is 0 Å². The summed E-state index contributed by atoms with van der Waals surface area (Å²) in [5.74, 6) is 0.168. The molecule has 1 atom stereocenters. The van der Waals surface area contributed by atoms with Crippen molar-refractivity contribution in [2.45, 2.75) is 38.8 Å². The second-order valence-corrected chi connectivity index (χ2v) is 3.91. The average Bonchev–Trinajstić information content (AvgIpc) is 2.15. The molecule has 1 aliphatic rings. The Morgan fingerprint density at radius 3 is 3.00 bits per heavy atom. The largest absolute Gasteiger partial charge is 0.377 e. The maximum atomic E-state index is 10.9. The highest BCUT2D eigenvalue weighted by Crippen LogP contribution is 2.01. The SMILES string of the molecule is CC(C)OCCNC1CCC(=O)NC1. The molecule has 0 radical (unpaired) electrons. The summed E-state index contributed by atoms with van der Waals surface area (Å²) >= 11 is 0. The van der Waals surface area contributed by atoms with Crippen LogP contribution in [0, 0.1) is 0 Å². The van der Waals surface area contributed by atoms with Gasteiger partial charge in [0.05, 0.1) is 12.7 Å². The van der Waals surface area contributed by atoms with Crippen LogP contribution in [0.1, 0.15) is 26.7 Å². The molecule has 0 spiro atoms. The third-order valence-corrected chi connectivity index (χ3v) is 2.25. The Balaban J connectivity index is 1.99. The molecular weight excluding hydrogens is 180 g/mol. The number of ether oxygens (including phenoxy) is 1. The molecule has 4 nitrogen and oxygen atoms in total. The van der Waals surface area contributed by atoms with Gasteiger partial charge in [0.25, 0.3) is 0 Å². The number of carbonyl (C=O) groups is 1. The number of rotatable bonds is 5. The first-order chi connectivity index (χ1) is 6.68. The molecule has 1 fully saturated rings. The van der Waals surface area contributed by atoms with Crippen LogP contribution in [0.25, 0.3) is 0 Å². The summed E-state index contributed by atoms with van der Waals surface area (Å²) in [5, 5.41) is 6.20. The number of piperidine rings is 1. The lowest BCUT2D eigenvalue weighted by Gasteiger charge is -2.23. The predicted octanol–water partition coefficient (Wildman–Crippen LogP) is 0.280. The Labute approximate surface area is 85.4 Å². The fourth-order valence-electron chi connectivity index (χ4n) is 1.46. The van der Waals surface area contributed by atoms with Crippen molar-refractivity contribution in [3.63, 3.8) is 0 Å². The van der Waals surface area contributed by atoms with Crippen molar-refractivity contribution >= 4 is 5.91 Å². The van der Waals surface area contributed by atoms with E-state index in [4.69, 9.17) is 4.74 Å². The van der Waals surface area contributed by atoms with Crippen molar-refractivity contribution in [2.24, 2.45) is 0 Å². The zero-order chi connectivity index (χ0) is 10.4. The molecule has 1 saturated heterocycles.